The fourth-order valence-corrected chi connectivity index (χ4v) is 1.99. The highest BCUT2D eigenvalue weighted by Gasteiger charge is 2.06. The van der Waals surface area contributed by atoms with Gasteiger partial charge in [0.15, 0.2) is 0 Å². The van der Waals surface area contributed by atoms with E-state index in [1.807, 2.05) is 0 Å². The highest BCUT2D eigenvalue weighted by molar-refractivity contribution is 5.74. The van der Waals surface area contributed by atoms with Gasteiger partial charge in [-0.05, 0) is 18.8 Å². The topological polar surface area (TPSA) is 38.3 Å². The third-order valence-electron chi connectivity index (χ3n) is 3.29. The van der Waals surface area contributed by atoms with E-state index in [9.17, 15) is 4.79 Å². The van der Waals surface area contributed by atoms with Crippen LogP contribution in [0.3, 0.4) is 0 Å². The van der Waals surface area contributed by atoms with E-state index >= 15 is 0 Å². The summed E-state index contributed by atoms with van der Waals surface area (Å²) >= 11 is 0. The van der Waals surface area contributed by atoms with E-state index < -0.39 is 0 Å². The molecule has 0 saturated heterocycles. The summed E-state index contributed by atoms with van der Waals surface area (Å²) in [5.74, 6) is 0.595. The quantitative estimate of drug-likeness (QED) is 0.420. The number of amides is 1. The van der Waals surface area contributed by atoms with Crippen molar-refractivity contribution >= 4 is 5.91 Å². The molecule has 3 heteroatoms. The van der Waals surface area contributed by atoms with Crippen LogP contribution in [0, 0.1) is 5.92 Å². The van der Waals surface area contributed by atoms with Crippen molar-refractivity contribution in [3.63, 3.8) is 0 Å². The molecule has 18 heavy (non-hydrogen) atoms. The number of unbranched alkanes of at least 4 members (excludes halogenated alkanes) is 4. The average Bonchev–Trinajstić information content (AvgIpc) is 2.37. The zero-order chi connectivity index (χ0) is 13.6. The second-order valence-electron chi connectivity index (χ2n) is 5.06. The summed E-state index contributed by atoms with van der Waals surface area (Å²) in [5, 5.41) is 0. The number of carbonyl (C=O) groups is 1. The molecule has 0 aliphatic rings. The van der Waals surface area contributed by atoms with Crippen LogP contribution in [0.5, 0.6) is 0 Å². The molecular weight excluding hydrogens is 226 g/mol. The molecular formula is C15H31NO2. The molecule has 1 atom stereocenters. The fraction of sp³-hybridized carbons (Fsp3) is 0.933. The van der Waals surface area contributed by atoms with Gasteiger partial charge in [-0.25, -0.2) is 5.48 Å². The minimum Gasteiger partial charge on any atom is -0.273 e. The van der Waals surface area contributed by atoms with Crippen LogP contribution in [-0.2, 0) is 9.63 Å². The summed E-state index contributed by atoms with van der Waals surface area (Å²) in [6, 6.07) is 0. The summed E-state index contributed by atoms with van der Waals surface area (Å²) in [5.41, 5.74) is 2.56. The monoisotopic (exact) mass is 257 g/mol. The molecule has 0 aliphatic carbocycles. The molecule has 0 saturated carbocycles. The largest absolute Gasteiger partial charge is 0.273 e. The van der Waals surface area contributed by atoms with E-state index in [4.69, 9.17) is 4.84 Å². The third kappa shape index (κ3) is 10.6. The first-order chi connectivity index (χ1) is 8.74. The zero-order valence-corrected chi connectivity index (χ0v) is 12.5. The molecule has 0 heterocycles. The van der Waals surface area contributed by atoms with Gasteiger partial charge in [-0.2, -0.15) is 0 Å². The number of hydrogen-bond acceptors (Lipinski definition) is 2. The van der Waals surface area contributed by atoms with Crippen molar-refractivity contribution in [3.8, 4) is 0 Å². The predicted octanol–water partition coefficient (Wildman–Crippen LogP) is 4.22. The maximum absolute atomic E-state index is 11.5. The second-order valence-corrected chi connectivity index (χ2v) is 5.06. The SMILES string of the molecule is CCCCCCCC(=O)NOCC(CC)CCC. The van der Waals surface area contributed by atoms with E-state index in [1.165, 1.54) is 32.1 Å². The molecule has 0 spiro atoms. The Hall–Kier alpha value is -0.570. The molecule has 0 rings (SSSR count). The van der Waals surface area contributed by atoms with Crippen molar-refractivity contribution in [1.82, 2.24) is 5.48 Å². The molecule has 1 N–H and O–H groups in total. The van der Waals surface area contributed by atoms with E-state index in [2.05, 4.69) is 26.3 Å². The Morgan fingerprint density at radius 3 is 2.39 bits per heavy atom. The van der Waals surface area contributed by atoms with Crippen molar-refractivity contribution in [2.45, 2.75) is 78.6 Å². The molecule has 0 aromatic heterocycles. The van der Waals surface area contributed by atoms with Crippen LogP contribution in [0.1, 0.15) is 78.6 Å². The molecule has 0 aliphatic heterocycles. The van der Waals surface area contributed by atoms with Crippen LogP contribution in [0.2, 0.25) is 0 Å². The summed E-state index contributed by atoms with van der Waals surface area (Å²) < 4.78 is 0. The van der Waals surface area contributed by atoms with Crippen molar-refractivity contribution < 1.29 is 9.63 Å². The predicted molar refractivity (Wildman–Crippen MR) is 76.2 cm³/mol. The molecule has 3 nitrogen and oxygen atoms in total. The van der Waals surface area contributed by atoms with Crippen LogP contribution in [-0.4, -0.2) is 12.5 Å². The van der Waals surface area contributed by atoms with Gasteiger partial charge in [-0.3, -0.25) is 9.63 Å². The van der Waals surface area contributed by atoms with Crippen molar-refractivity contribution in [2.75, 3.05) is 6.61 Å². The molecule has 0 aromatic carbocycles. The highest BCUT2D eigenvalue weighted by Crippen LogP contribution is 2.10. The molecule has 0 radical (unpaired) electrons. The molecule has 1 amide bonds. The minimum absolute atomic E-state index is 0.0258. The fourth-order valence-electron chi connectivity index (χ4n) is 1.99. The highest BCUT2D eigenvalue weighted by atomic mass is 16.6. The standard InChI is InChI=1S/C15H31NO2/c1-4-7-8-9-10-12-15(17)16-18-13-14(6-3)11-5-2/h14H,4-13H2,1-3H3,(H,16,17). The summed E-state index contributed by atoms with van der Waals surface area (Å²) in [4.78, 5) is 16.7. The summed E-state index contributed by atoms with van der Waals surface area (Å²) in [7, 11) is 0. The molecule has 0 aromatic rings. The maximum Gasteiger partial charge on any atom is 0.243 e. The Kier molecular flexibility index (Phi) is 12.5. The van der Waals surface area contributed by atoms with Gasteiger partial charge in [0.1, 0.15) is 0 Å². The first-order valence-electron chi connectivity index (χ1n) is 7.65. The molecule has 0 fully saturated rings. The lowest BCUT2D eigenvalue weighted by molar-refractivity contribution is -0.134. The van der Waals surface area contributed by atoms with Gasteiger partial charge in [0.25, 0.3) is 0 Å². The van der Waals surface area contributed by atoms with Crippen LogP contribution in [0.25, 0.3) is 0 Å². The lowest BCUT2D eigenvalue weighted by Gasteiger charge is -2.13. The third-order valence-corrected chi connectivity index (χ3v) is 3.29. The second kappa shape index (κ2) is 12.9. The maximum atomic E-state index is 11.5. The van der Waals surface area contributed by atoms with Gasteiger partial charge >= 0.3 is 0 Å². The van der Waals surface area contributed by atoms with Gasteiger partial charge in [0, 0.05) is 6.42 Å². The molecule has 1 unspecified atom stereocenters. The lowest BCUT2D eigenvalue weighted by atomic mass is 10.0. The van der Waals surface area contributed by atoms with E-state index in [0.717, 1.165) is 19.3 Å². The summed E-state index contributed by atoms with van der Waals surface area (Å²) in [6.45, 7) is 7.18. The Morgan fingerprint density at radius 2 is 1.78 bits per heavy atom. The van der Waals surface area contributed by atoms with E-state index in [1.54, 1.807) is 0 Å². The number of nitrogens with one attached hydrogen (secondary N) is 1. The van der Waals surface area contributed by atoms with Crippen molar-refractivity contribution in [1.29, 1.82) is 0 Å². The van der Waals surface area contributed by atoms with Crippen LogP contribution >= 0.6 is 0 Å². The molecule has 108 valence electrons. The first kappa shape index (κ1) is 17.4. The van der Waals surface area contributed by atoms with Gasteiger partial charge < -0.3 is 0 Å². The van der Waals surface area contributed by atoms with E-state index in [0.29, 0.717) is 18.9 Å². The number of rotatable bonds is 12. The normalized spacial score (nSPS) is 12.4. The zero-order valence-electron chi connectivity index (χ0n) is 12.5. The van der Waals surface area contributed by atoms with Crippen molar-refractivity contribution in [2.24, 2.45) is 5.92 Å². The Balaban J connectivity index is 3.40. The Bertz CT molecular complexity index is 195. The lowest BCUT2D eigenvalue weighted by Crippen LogP contribution is -2.26. The molecule has 0 bridgehead atoms. The van der Waals surface area contributed by atoms with Gasteiger partial charge in [-0.15, -0.1) is 0 Å². The average molecular weight is 257 g/mol. The Morgan fingerprint density at radius 1 is 1.06 bits per heavy atom. The number of hydroxylamine groups is 1. The van der Waals surface area contributed by atoms with Crippen LogP contribution in [0.15, 0.2) is 0 Å². The van der Waals surface area contributed by atoms with Gasteiger partial charge in [-0.1, -0.05) is 59.3 Å². The van der Waals surface area contributed by atoms with E-state index in [-0.39, 0.29) is 5.91 Å². The van der Waals surface area contributed by atoms with Gasteiger partial charge in [0.2, 0.25) is 5.91 Å². The minimum atomic E-state index is 0.0258. The first-order valence-corrected chi connectivity index (χ1v) is 7.65. The van der Waals surface area contributed by atoms with Gasteiger partial charge in [0.05, 0.1) is 6.61 Å². The van der Waals surface area contributed by atoms with Crippen LogP contribution in [0.4, 0.5) is 0 Å². The number of hydrogen-bond donors (Lipinski definition) is 1. The van der Waals surface area contributed by atoms with Crippen molar-refractivity contribution in [3.05, 3.63) is 0 Å². The van der Waals surface area contributed by atoms with Crippen LogP contribution < -0.4 is 5.48 Å². The number of carbonyl (C=O) groups excluding carboxylic acids is 1. The smallest absolute Gasteiger partial charge is 0.243 e. The summed E-state index contributed by atoms with van der Waals surface area (Å²) in [6.07, 6.45) is 9.92. The Labute approximate surface area is 113 Å².